The summed E-state index contributed by atoms with van der Waals surface area (Å²) < 4.78 is 23.3. The number of unbranched alkanes of at least 4 members (excludes halogenated alkanes) is 2. The quantitative estimate of drug-likeness (QED) is 0.621. The summed E-state index contributed by atoms with van der Waals surface area (Å²) in [6.07, 6.45) is 2.25. The van der Waals surface area contributed by atoms with Gasteiger partial charge in [0, 0.05) is 6.54 Å². The fourth-order valence-electron chi connectivity index (χ4n) is 1.46. The van der Waals surface area contributed by atoms with Crippen molar-refractivity contribution < 1.29 is 23.1 Å². The maximum absolute atomic E-state index is 11.6. The summed E-state index contributed by atoms with van der Waals surface area (Å²) >= 11 is 0. The maximum atomic E-state index is 11.6. The van der Waals surface area contributed by atoms with Gasteiger partial charge in [-0.1, -0.05) is 19.8 Å². The molecule has 0 bridgehead atoms. The highest BCUT2D eigenvalue weighted by atomic mass is 32.2. The molecule has 6 nitrogen and oxygen atoms in total. The summed E-state index contributed by atoms with van der Waals surface area (Å²) in [5.41, 5.74) is 0. The number of rotatable bonds is 9. The zero-order valence-electron chi connectivity index (χ0n) is 10.9. The van der Waals surface area contributed by atoms with Crippen molar-refractivity contribution in [2.45, 2.75) is 33.1 Å². The van der Waals surface area contributed by atoms with Crippen LogP contribution >= 0.6 is 0 Å². The number of amides is 1. The maximum Gasteiger partial charge on any atom is 0.323 e. The van der Waals surface area contributed by atoms with Crippen LogP contribution < -0.4 is 0 Å². The molecule has 0 radical (unpaired) electrons. The van der Waals surface area contributed by atoms with Gasteiger partial charge in [0.1, 0.15) is 12.3 Å². The van der Waals surface area contributed by atoms with Crippen molar-refractivity contribution in [3.63, 3.8) is 0 Å². The Hall–Kier alpha value is -1.11. The van der Waals surface area contributed by atoms with Crippen LogP contribution in [0, 0.1) is 0 Å². The summed E-state index contributed by atoms with van der Waals surface area (Å²) in [7, 11) is -3.43. The van der Waals surface area contributed by atoms with Gasteiger partial charge in [-0.3, -0.25) is 9.59 Å². The number of carbonyl (C=O) groups is 2. The lowest BCUT2D eigenvalue weighted by Crippen LogP contribution is -2.39. The van der Waals surface area contributed by atoms with Crippen LogP contribution in [0.5, 0.6) is 0 Å². The molecule has 0 aromatic heterocycles. The zero-order chi connectivity index (χ0) is 14.2. The summed E-state index contributed by atoms with van der Waals surface area (Å²) in [5.74, 6) is -2.40. The average molecular weight is 279 g/mol. The topological polar surface area (TPSA) is 91.8 Å². The Morgan fingerprint density at radius 1 is 1.17 bits per heavy atom. The Kier molecular flexibility index (Phi) is 7.58. The molecule has 0 saturated heterocycles. The van der Waals surface area contributed by atoms with E-state index >= 15 is 0 Å². The molecule has 1 N–H and O–H groups in total. The molecule has 106 valence electrons. The Morgan fingerprint density at radius 2 is 1.78 bits per heavy atom. The second kappa shape index (κ2) is 8.07. The van der Waals surface area contributed by atoms with Crippen LogP contribution in [0.2, 0.25) is 0 Å². The van der Waals surface area contributed by atoms with Crippen molar-refractivity contribution in [3.8, 4) is 0 Å². The van der Waals surface area contributed by atoms with E-state index in [0.29, 0.717) is 6.42 Å². The Balaban J connectivity index is 4.38. The molecule has 0 aromatic carbocycles. The molecular formula is C11H21NO5S. The van der Waals surface area contributed by atoms with Crippen LogP contribution in [-0.4, -0.2) is 54.9 Å². The fraction of sp³-hybridized carbons (Fsp3) is 0.818. The lowest BCUT2D eigenvalue weighted by Gasteiger charge is -2.18. The molecule has 0 aliphatic carbocycles. The van der Waals surface area contributed by atoms with Crippen LogP contribution in [0.4, 0.5) is 0 Å². The van der Waals surface area contributed by atoms with Crippen molar-refractivity contribution in [2.24, 2.45) is 0 Å². The van der Waals surface area contributed by atoms with Gasteiger partial charge in [-0.25, -0.2) is 8.42 Å². The van der Waals surface area contributed by atoms with E-state index in [1.807, 2.05) is 6.92 Å². The minimum Gasteiger partial charge on any atom is -0.480 e. The Labute approximate surface area is 108 Å². The molecule has 0 unspecified atom stereocenters. The van der Waals surface area contributed by atoms with Crippen LogP contribution in [0.3, 0.4) is 0 Å². The van der Waals surface area contributed by atoms with E-state index in [-0.39, 0.29) is 12.3 Å². The Bertz CT molecular complexity index is 377. The highest BCUT2D eigenvalue weighted by Gasteiger charge is 2.21. The zero-order valence-corrected chi connectivity index (χ0v) is 11.7. The molecule has 0 spiro atoms. The molecule has 0 rings (SSSR count). The fourth-order valence-corrected chi connectivity index (χ4v) is 2.81. The smallest absolute Gasteiger partial charge is 0.323 e. The number of hydrogen-bond acceptors (Lipinski definition) is 4. The van der Waals surface area contributed by atoms with Crippen molar-refractivity contribution >= 4 is 21.7 Å². The van der Waals surface area contributed by atoms with Crippen LogP contribution in [-0.2, 0) is 19.4 Å². The number of carbonyl (C=O) groups excluding carboxylic acids is 1. The van der Waals surface area contributed by atoms with E-state index < -0.39 is 34.0 Å². The van der Waals surface area contributed by atoms with E-state index in [2.05, 4.69) is 0 Å². The second-order valence-electron chi connectivity index (χ2n) is 4.10. The van der Waals surface area contributed by atoms with Crippen molar-refractivity contribution in [2.75, 3.05) is 24.6 Å². The van der Waals surface area contributed by atoms with E-state index in [1.165, 1.54) is 0 Å². The molecule has 7 heteroatoms. The van der Waals surface area contributed by atoms with Gasteiger partial charge in [0.15, 0.2) is 9.84 Å². The number of hydrogen-bond donors (Lipinski definition) is 1. The lowest BCUT2D eigenvalue weighted by atomic mass is 10.3. The molecule has 0 heterocycles. The van der Waals surface area contributed by atoms with Crippen molar-refractivity contribution in [1.82, 2.24) is 4.90 Å². The van der Waals surface area contributed by atoms with Crippen LogP contribution in [0.1, 0.15) is 33.1 Å². The van der Waals surface area contributed by atoms with E-state index in [1.54, 1.807) is 6.92 Å². The van der Waals surface area contributed by atoms with Crippen LogP contribution in [0.25, 0.3) is 0 Å². The van der Waals surface area contributed by atoms with Gasteiger partial charge in [0.25, 0.3) is 0 Å². The molecule has 18 heavy (non-hydrogen) atoms. The van der Waals surface area contributed by atoms with Gasteiger partial charge in [-0.15, -0.1) is 0 Å². The van der Waals surface area contributed by atoms with Gasteiger partial charge in [-0.2, -0.15) is 0 Å². The van der Waals surface area contributed by atoms with E-state index in [4.69, 9.17) is 5.11 Å². The third-order valence-electron chi connectivity index (χ3n) is 2.46. The molecule has 0 aliphatic rings. The number of sulfone groups is 1. The number of nitrogens with zero attached hydrogens (tertiary/aromatic N) is 1. The number of carboxylic acid groups (broad SMARTS) is 1. The van der Waals surface area contributed by atoms with Gasteiger partial charge < -0.3 is 10.0 Å². The van der Waals surface area contributed by atoms with Crippen LogP contribution in [0.15, 0.2) is 0 Å². The highest BCUT2D eigenvalue weighted by Crippen LogP contribution is 2.02. The predicted octanol–water partition coefficient (Wildman–Crippen LogP) is 0.524. The predicted molar refractivity (Wildman–Crippen MR) is 68.1 cm³/mol. The Morgan fingerprint density at radius 3 is 2.22 bits per heavy atom. The summed E-state index contributed by atoms with van der Waals surface area (Å²) in [6, 6.07) is 0. The summed E-state index contributed by atoms with van der Waals surface area (Å²) in [6.45, 7) is 3.31. The minimum absolute atomic E-state index is 0.0167. The van der Waals surface area contributed by atoms with Gasteiger partial charge >= 0.3 is 5.97 Å². The monoisotopic (exact) mass is 279 g/mol. The van der Waals surface area contributed by atoms with Crippen molar-refractivity contribution in [1.29, 1.82) is 0 Å². The first-order valence-electron chi connectivity index (χ1n) is 6.02. The normalized spacial score (nSPS) is 11.2. The highest BCUT2D eigenvalue weighted by molar-refractivity contribution is 7.92. The van der Waals surface area contributed by atoms with Gasteiger partial charge in [0.05, 0.1) is 5.75 Å². The molecule has 0 saturated carbocycles. The second-order valence-corrected chi connectivity index (χ2v) is 6.28. The third kappa shape index (κ3) is 7.26. The third-order valence-corrected chi connectivity index (χ3v) is 4.06. The largest absolute Gasteiger partial charge is 0.480 e. The number of likely N-dealkylation sites (N-methyl/N-ethyl adjacent to an activating group) is 1. The van der Waals surface area contributed by atoms with E-state index in [9.17, 15) is 18.0 Å². The number of carboxylic acids is 1. The molecule has 0 fully saturated rings. The SMILES string of the molecule is CCCCCS(=O)(=O)CC(=O)N(CC)CC(=O)O. The first kappa shape index (κ1) is 16.9. The molecule has 1 amide bonds. The average Bonchev–Trinajstić information content (AvgIpc) is 2.24. The summed E-state index contributed by atoms with van der Waals surface area (Å²) in [4.78, 5) is 23.2. The molecule has 0 aliphatic heterocycles. The summed E-state index contributed by atoms with van der Waals surface area (Å²) in [5, 5.41) is 8.59. The van der Waals surface area contributed by atoms with Gasteiger partial charge in [0.2, 0.25) is 5.91 Å². The van der Waals surface area contributed by atoms with E-state index in [0.717, 1.165) is 17.7 Å². The number of aliphatic carboxylic acids is 1. The standard InChI is InChI=1S/C11H21NO5S/c1-3-5-6-7-18(16,17)9-10(13)12(4-2)8-11(14)15/h3-9H2,1-2H3,(H,14,15). The van der Waals surface area contributed by atoms with Gasteiger partial charge in [-0.05, 0) is 13.3 Å². The first-order valence-corrected chi connectivity index (χ1v) is 7.84. The minimum atomic E-state index is -3.43. The molecular weight excluding hydrogens is 258 g/mol. The molecule has 0 atom stereocenters. The van der Waals surface area contributed by atoms with Crippen molar-refractivity contribution in [3.05, 3.63) is 0 Å². The lowest BCUT2D eigenvalue weighted by molar-refractivity contribution is -0.143. The first-order chi connectivity index (χ1) is 8.32. The molecule has 0 aromatic rings.